The van der Waals surface area contributed by atoms with Crippen molar-refractivity contribution >= 4 is 27.6 Å². The summed E-state index contributed by atoms with van der Waals surface area (Å²) in [5.41, 5.74) is 0. The van der Waals surface area contributed by atoms with Crippen molar-refractivity contribution < 1.29 is 8.42 Å². The Kier molecular flexibility index (Phi) is 4.39. The van der Waals surface area contributed by atoms with E-state index in [0.717, 1.165) is 11.3 Å². The topological polar surface area (TPSA) is 92.7 Å². The molecule has 0 bridgehead atoms. The predicted molar refractivity (Wildman–Crippen MR) is 78.4 cm³/mol. The van der Waals surface area contributed by atoms with Gasteiger partial charge in [0.1, 0.15) is 5.82 Å². The minimum atomic E-state index is -3.70. The van der Waals surface area contributed by atoms with E-state index in [1.54, 1.807) is 10.8 Å². The quantitative estimate of drug-likeness (QED) is 0.796. The summed E-state index contributed by atoms with van der Waals surface area (Å²) in [6.07, 6.45) is 7.39. The first-order chi connectivity index (χ1) is 9.47. The van der Waals surface area contributed by atoms with Crippen molar-refractivity contribution in [2.45, 2.75) is 36.2 Å². The molecule has 2 rings (SSSR count). The smallest absolute Gasteiger partial charge is 0.282 e. The molecule has 0 aliphatic heterocycles. The van der Waals surface area contributed by atoms with Crippen LogP contribution in [-0.4, -0.2) is 34.4 Å². The van der Waals surface area contributed by atoms with Gasteiger partial charge in [0, 0.05) is 12.2 Å². The number of nitrogens with one attached hydrogen (secondary N) is 2. The van der Waals surface area contributed by atoms with Gasteiger partial charge in [0.2, 0.25) is 0 Å². The number of rotatable bonds is 6. The highest BCUT2D eigenvalue weighted by Crippen LogP contribution is 2.24. The molecule has 2 aromatic rings. The van der Waals surface area contributed by atoms with Crippen LogP contribution in [0.4, 0.5) is 5.82 Å². The molecule has 0 saturated carbocycles. The second kappa shape index (κ2) is 5.88. The third-order valence-corrected chi connectivity index (χ3v) is 5.00. The second-order valence-electron chi connectivity index (χ2n) is 4.34. The van der Waals surface area contributed by atoms with Crippen LogP contribution in [0, 0.1) is 0 Å². The predicted octanol–water partition coefficient (Wildman–Crippen LogP) is 2.10. The van der Waals surface area contributed by atoms with Gasteiger partial charge in [-0.15, -0.1) is 11.8 Å². The number of nitrogens with zero attached hydrogens (tertiary/aromatic N) is 3. The van der Waals surface area contributed by atoms with Crippen molar-refractivity contribution in [2.75, 3.05) is 11.0 Å². The number of H-pyrrole nitrogens is 1. The summed E-state index contributed by atoms with van der Waals surface area (Å²) in [5, 5.41) is 6.45. The SMILES string of the molecule is CCC(C)n1cnc(S(=O)(=O)Nc2[nH]ncc2SC)c1. The summed E-state index contributed by atoms with van der Waals surface area (Å²) < 4.78 is 28.7. The van der Waals surface area contributed by atoms with E-state index < -0.39 is 10.0 Å². The lowest BCUT2D eigenvalue weighted by atomic mass is 10.3. The van der Waals surface area contributed by atoms with E-state index in [4.69, 9.17) is 0 Å². The normalized spacial score (nSPS) is 13.3. The minimum absolute atomic E-state index is 0.000506. The molecule has 9 heteroatoms. The molecule has 20 heavy (non-hydrogen) atoms. The lowest BCUT2D eigenvalue weighted by Crippen LogP contribution is -2.14. The molecule has 0 spiro atoms. The zero-order valence-corrected chi connectivity index (χ0v) is 13.1. The van der Waals surface area contributed by atoms with E-state index in [0.29, 0.717) is 5.82 Å². The number of sulfonamides is 1. The third-order valence-electron chi connectivity index (χ3n) is 3.01. The molecule has 7 nitrogen and oxygen atoms in total. The van der Waals surface area contributed by atoms with Gasteiger partial charge in [-0.1, -0.05) is 6.92 Å². The number of hydrogen-bond donors (Lipinski definition) is 2. The number of thioether (sulfide) groups is 1. The van der Waals surface area contributed by atoms with Gasteiger partial charge in [0.15, 0.2) is 5.03 Å². The Morgan fingerprint density at radius 2 is 2.30 bits per heavy atom. The van der Waals surface area contributed by atoms with Gasteiger partial charge in [0.05, 0.1) is 17.4 Å². The first-order valence-electron chi connectivity index (χ1n) is 6.11. The second-order valence-corrected chi connectivity index (χ2v) is 6.81. The number of hydrogen-bond acceptors (Lipinski definition) is 5. The van der Waals surface area contributed by atoms with Crippen LogP contribution < -0.4 is 4.72 Å². The molecule has 0 radical (unpaired) electrons. The van der Waals surface area contributed by atoms with Crippen molar-refractivity contribution in [1.29, 1.82) is 0 Å². The monoisotopic (exact) mass is 315 g/mol. The van der Waals surface area contributed by atoms with Crippen molar-refractivity contribution in [3.63, 3.8) is 0 Å². The van der Waals surface area contributed by atoms with E-state index in [9.17, 15) is 8.42 Å². The highest BCUT2D eigenvalue weighted by Gasteiger charge is 2.20. The van der Waals surface area contributed by atoms with Crippen molar-refractivity contribution in [3.8, 4) is 0 Å². The molecule has 2 N–H and O–H groups in total. The van der Waals surface area contributed by atoms with E-state index in [-0.39, 0.29) is 11.1 Å². The van der Waals surface area contributed by atoms with Crippen LogP contribution in [0.25, 0.3) is 0 Å². The van der Waals surface area contributed by atoms with Crippen LogP contribution in [-0.2, 0) is 10.0 Å². The van der Waals surface area contributed by atoms with Gasteiger partial charge >= 0.3 is 0 Å². The molecule has 0 aliphatic rings. The van der Waals surface area contributed by atoms with Gasteiger partial charge in [-0.2, -0.15) is 13.5 Å². The summed E-state index contributed by atoms with van der Waals surface area (Å²) >= 11 is 1.41. The third kappa shape index (κ3) is 2.98. The van der Waals surface area contributed by atoms with Crippen LogP contribution in [0.3, 0.4) is 0 Å². The Morgan fingerprint density at radius 3 is 2.95 bits per heavy atom. The lowest BCUT2D eigenvalue weighted by molar-refractivity contribution is 0.529. The summed E-state index contributed by atoms with van der Waals surface area (Å²) in [6, 6.07) is 0.209. The first kappa shape index (κ1) is 14.9. The Hall–Kier alpha value is -1.48. The highest BCUT2D eigenvalue weighted by molar-refractivity contribution is 7.99. The van der Waals surface area contributed by atoms with E-state index >= 15 is 0 Å². The maximum absolute atomic E-state index is 12.2. The van der Waals surface area contributed by atoms with Gasteiger partial charge in [-0.25, -0.2) is 4.98 Å². The maximum Gasteiger partial charge on any atom is 0.282 e. The summed E-state index contributed by atoms with van der Waals surface area (Å²) in [6.45, 7) is 4.04. The Bertz CT molecular complexity index is 677. The molecular formula is C11H17N5O2S2. The van der Waals surface area contributed by atoms with E-state index in [1.807, 2.05) is 20.1 Å². The van der Waals surface area contributed by atoms with Gasteiger partial charge in [0.25, 0.3) is 10.0 Å². The standard InChI is InChI=1S/C11H17N5O2S2/c1-4-8(2)16-6-10(12-7-16)20(17,18)15-11-9(19-3)5-13-14-11/h5-8H,4H2,1-3H3,(H2,13,14,15). The highest BCUT2D eigenvalue weighted by atomic mass is 32.2. The van der Waals surface area contributed by atoms with E-state index in [1.165, 1.54) is 24.3 Å². The molecule has 1 unspecified atom stereocenters. The van der Waals surface area contributed by atoms with Crippen molar-refractivity contribution in [2.24, 2.45) is 0 Å². The minimum Gasteiger partial charge on any atom is -0.333 e. The van der Waals surface area contributed by atoms with E-state index in [2.05, 4.69) is 19.9 Å². The lowest BCUT2D eigenvalue weighted by Gasteiger charge is -2.08. The Labute approximate surface area is 122 Å². The van der Waals surface area contributed by atoms with Crippen molar-refractivity contribution in [1.82, 2.24) is 19.7 Å². The molecule has 0 amide bonds. The van der Waals surface area contributed by atoms with Crippen LogP contribution in [0.5, 0.6) is 0 Å². The van der Waals surface area contributed by atoms with Crippen LogP contribution in [0.1, 0.15) is 26.3 Å². The number of anilines is 1. The fourth-order valence-corrected chi connectivity index (χ4v) is 3.10. The summed E-state index contributed by atoms with van der Waals surface area (Å²) in [4.78, 5) is 4.70. The van der Waals surface area contributed by atoms with Crippen LogP contribution in [0.2, 0.25) is 0 Å². The largest absolute Gasteiger partial charge is 0.333 e. The first-order valence-corrected chi connectivity index (χ1v) is 8.82. The maximum atomic E-state index is 12.2. The number of imidazole rings is 1. The van der Waals surface area contributed by atoms with Gasteiger partial charge in [-0.3, -0.25) is 9.82 Å². The van der Waals surface area contributed by atoms with Gasteiger partial charge in [-0.05, 0) is 19.6 Å². The molecule has 0 fully saturated rings. The molecule has 0 aromatic carbocycles. The molecule has 1 atom stereocenters. The van der Waals surface area contributed by atoms with Crippen LogP contribution >= 0.6 is 11.8 Å². The summed E-state index contributed by atoms with van der Waals surface area (Å²) in [7, 11) is -3.70. The average Bonchev–Trinajstić information content (AvgIpc) is 3.06. The zero-order chi connectivity index (χ0) is 14.8. The fourth-order valence-electron chi connectivity index (χ4n) is 1.60. The summed E-state index contributed by atoms with van der Waals surface area (Å²) in [5.74, 6) is 0.357. The van der Waals surface area contributed by atoms with Crippen LogP contribution in [0.15, 0.2) is 28.6 Å². The fraction of sp³-hybridized carbons (Fsp3) is 0.455. The Morgan fingerprint density at radius 1 is 1.55 bits per heavy atom. The van der Waals surface area contributed by atoms with Crippen molar-refractivity contribution in [3.05, 3.63) is 18.7 Å². The number of aromatic amines is 1. The molecule has 0 aliphatic carbocycles. The van der Waals surface area contributed by atoms with Gasteiger partial charge < -0.3 is 4.57 Å². The molecule has 0 saturated heterocycles. The zero-order valence-electron chi connectivity index (χ0n) is 11.5. The molecule has 2 heterocycles. The average molecular weight is 315 g/mol. The Balaban J connectivity index is 2.24. The molecule has 2 aromatic heterocycles. The molecule has 110 valence electrons. The number of aromatic nitrogens is 4. The molecular weight excluding hydrogens is 298 g/mol.